The van der Waals surface area contributed by atoms with Crippen LogP contribution in [-0.4, -0.2) is 39.0 Å². The quantitative estimate of drug-likeness (QED) is 0.174. The summed E-state index contributed by atoms with van der Waals surface area (Å²) in [6.07, 6.45) is 11.2. The van der Waals surface area contributed by atoms with E-state index in [0.717, 1.165) is 93.5 Å². The van der Waals surface area contributed by atoms with E-state index in [1.807, 2.05) is 85.6 Å². The van der Waals surface area contributed by atoms with Gasteiger partial charge < -0.3 is 8.98 Å². The van der Waals surface area contributed by atoms with Crippen LogP contribution in [-0.2, 0) is 0 Å². The van der Waals surface area contributed by atoms with Gasteiger partial charge in [-0.3, -0.25) is 19.5 Å². The van der Waals surface area contributed by atoms with E-state index in [1.54, 1.807) is 6.20 Å². The van der Waals surface area contributed by atoms with E-state index in [0.29, 0.717) is 17.6 Å². The molecule has 0 fully saturated rings. The fourth-order valence-electron chi connectivity index (χ4n) is 8.37. The Labute approximate surface area is 324 Å². The number of hydrogen-bond donors (Lipinski definition) is 0. The molecule has 0 bridgehead atoms. The molecule has 0 unspecified atom stereocenters. The molecule has 12 aromatic rings. The lowest BCUT2D eigenvalue weighted by Crippen LogP contribution is -2.06. The van der Waals surface area contributed by atoms with Crippen molar-refractivity contribution in [1.82, 2.24) is 39.0 Å². The Morgan fingerprint density at radius 1 is 0.404 bits per heavy atom. The zero-order valence-corrected chi connectivity index (χ0v) is 30.2. The molecule has 0 aliphatic carbocycles. The molecule has 5 aromatic carbocycles. The summed E-state index contributed by atoms with van der Waals surface area (Å²) in [5, 5.41) is 5.66. The molecule has 9 nitrogen and oxygen atoms in total. The van der Waals surface area contributed by atoms with Crippen molar-refractivity contribution in [2.24, 2.45) is 0 Å². The molecule has 0 aliphatic heterocycles. The molecule has 0 saturated carbocycles. The SMILES string of the molecule is c1ccc(-c2ccc(-c3nc(-c4ccccc4)nc(-n4c5ccncc5c5c6oc7ccncc7c6c6c(c7cnccc7n6-c6ccccc6)c54)n3)cc2)cc1. The highest BCUT2D eigenvalue weighted by atomic mass is 16.3. The van der Waals surface area contributed by atoms with Crippen LogP contribution in [0.4, 0.5) is 0 Å². The molecule has 7 aromatic heterocycles. The van der Waals surface area contributed by atoms with E-state index in [1.165, 1.54) is 0 Å². The Morgan fingerprint density at radius 2 is 0.895 bits per heavy atom. The Morgan fingerprint density at radius 3 is 1.58 bits per heavy atom. The zero-order valence-electron chi connectivity index (χ0n) is 30.2. The Kier molecular flexibility index (Phi) is 6.73. The van der Waals surface area contributed by atoms with Gasteiger partial charge in [-0.2, -0.15) is 9.97 Å². The van der Waals surface area contributed by atoms with Crippen molar-refractivity contribution in [1.29, 1.82) is 0 Å². The van der Waals surface area contributed by atoms with Gasteiger partial charge in [0.1, 0.15) is 11.2 Å². The van der Waals surface area contributed by atoms with E-state index < -0.39 is 0 Å². The molecule has 0 amide bonds. The van der Waals surface area contributed by atoms with E-state index in [9.17, 15) is 0 Å². The molecular weight excluding hydrogens is 705 g/mol. The highest BCUT2D eigenvalue weighted by molar-refractivity contribution is 6.38. The van der Waals surface area contributed by atoms with Gasteiger partial charge in [-0.05, 0) is 41.5 Å². The van der Waals surface area contributed by atoms with E-state index >= 15 is 0 Å². The summed E-state index contributed by atoms with van der Waals surface area (Å²) in [4.78, 5) is 29.6. The smallest absolute Gasteiger partial charge is 0.238 e. The highest BCUT2D eigenvalue weighted by Crippen LogP contribution is 2.49. The van der Waals surface area contributed by atoms with Crippen LogP contribution in [0.25, 0.3) is 111 Å². The molecule has 266 valence electrons. The van der Waals surface area contributed by atoms with E-state index in [-0.39, 0.29) is 0 Å². The molecule has 0 N–H and O–H groups in total. The molecular formula is C48H28N8O. The van der Waals surface area contributed by atoms with Crippen molar-refractivity contribution < 1.29 is 4.42 Å². The first-order valence-corrected chi connectivity index (χ1v) is 18.7. The van der Waals surface area contributed by atoms with Crippen molar-refractivity contribution >= 4 is 65.6 Å². The third kappa shape index (κ3) is 4.69. The number of benzene rings is 5. The van der Waals surface area contributed by atoms with Crippen molar-refractivity contribution in [2.75, 3.05) is 0 Å². The minimum absolute atomic E-state index is 0.472. The largest absolute Gasteiger partial charge is 0.455 e. The minimum Gasteiger partial charge on any atom is -0.455 e. The predicted molar refractivity (Wildman–Crippen MR) is 225 cm³/mol. The van der Waals surface area contributed by atoms with Crippen LogP contribution < -0.4 is 0 Å². The maximum Gasteiger partial charge on any atom is 0.238 e. The Balaban J connectivity index is 1.25. The fourth-order valence-corrected chi connectivity index (χ4v) is 8.37. The maximum atomic E-state index is 6.89. The number of aromatic nitrogens is 8. The van der Waals surface area contributed by atoms with Crippen molar-refractivity contribution in [3.8, 4) is 45.5 Å². The van der Waals surface area contributed by atoms with Crippen LogP contribution in [0.3, 0.4) is 0 Å². The van der Waals surface area contributed by atoms with Gasteiger partial charge in [-0.15, -0.1) is 0 Å². The second-order valence-electron chi connectivity index (χ2n) is 14.0. The van der Waals surface area contributed by atoms with Gasteiger partial charge in [0.15, 0.2) is 11.6 Å². The monoisotopic (exact) mass is 732 g/mol. The number of hydrogen-bond acceptors (Lipinski definition) is 7. The second-order valence-corrected chi connectivity index (χ2v) is 14.0. The van der Waals surface area contributed by atoms with Crippen LogP contribution >= 0.6 is 0 Å². The van der Waals surface area contributed by atoms with Crippen molar-refractivity contribution in [2.45, 2.75) is 0 Å². The molecule has 0 saturated heterocycles. The Bertz CT molecular complexity index is 3500. The van der Waals surface area contributed by atoms with Gasteiger partial charge in [0.2, 0.25) is 5.95 Å². The predicted octanol–water partition coefficient (Wildman–Crippen LogP) is 11.2. The third-order valence-corrected chi connectivity index (χ3v) is 10.8. The van der Waals surface area contributed by atoms with E-state index in [2.05, 4.69) is 103 Å². The number of nitrogens with zero attached hydrogens (tertiary/aromatic N) is 8. The lowest BCUT2D eigenvalue weighted by atomic mass is 10.0. The third-order valence-electron chi connectivity index (χ3n) is 10.8. The summed E-state index contributed by atoms with van der Waals surface area (Å²) in [6, 6.07) is 45.2. The summed E-state index contributed by atoms with van der Waals surface area (Å²) in [5.74, 6) is 1.59. The number of para-hydroxylation sites is 1. The number of pyridine rings is 3. The van der Waals surface area contributed by atoms with Gasteiger partial charge in [-0.1, -0.05) is 103 Å². The molecule has 9 heteroatoms. The summed E-state index contributed by atoms with van der Waals surface area (Å²) < 4.78 is 11.3. The van der Waals surface area contributed by atoms with Gasteiger partial charge in [-0.25, -0.2) is 4.98 Å². The molecule has 0 spiro atoms. The summed E-state index contributed by atoms with van der Waals surface area (Å²) in [7, 11) is 0. The molecule has 0 radical (unpaired) electrons. The second kappa shape index (κ2) is 12.2. The van der Waals surface area contributed by atoms with Crippen LogP contribution in [0.5, 0.6) is 0 Å². The summed E-state index contributed by atoms with van der Waals surface area (Å²) in [6.45, 7) is 0. The van der Waals surface area contributed by atoms with Gasteiger partial charge in [0, 0.05) is 75.5 Å². The number of furan rings is 1. The zero-order chi connectivity index (χ0) is 37.5. The van der Waals surface area contributed by atoms with E-state index in [4.69, 9.17) is 19.4 Å². The molecule has 0 aliphatic rings. The molecule has 0 atom stereocenters. The van der Waals surface area contributed by atoms with Crippen molar-refractivity contribution in [3.63, 3.8) is 0 Å². The van der Waals surface area contributed by atoms with Crippen LogP contribution in [0.15, 0.2) is 175 Å². The van der Waals surface area contributed by atoms with Gasteiger partial charge in [0.05, 0.1) is 32.8 Å². The summed E-state index contributed by atoms with van der Waals surface area (Å²) >= 11 is 0. The highest BCUT2D eigenvalue weighted by Gasteiger charge is 2.29. The average molecular weight is 733 g/mol. The number of fused-ring (bicyclic) bond motifs is 12. The standard InChI is InChI=1S/C48H28N8O/c1-4-10-29(11-5-1)30-16-18-32(19-17-30)47-52-46(31-12-6-2-7-13-31)53-48(54-47)56-38-21-24-50-27-35(38)41-44(56)40-34-26-49-23-20-37(34)55(33-14-8-3-9-15-33)43(40)42-36-28-51-25-22-39(36)57-45(41)42/h1-28H. The molecule has 57 heavy (non-hydrogen) atoms. The lowest BCUT2D eigenvalue weighted by molar-refractivity contribution is 0.672. The number of rotatable bonds is 5. The maximum absolute atomic E-state index is 6.89. The summed E-state index contributed by atoms with van der Waals surface area (Å²) in [5.41, 5.74) is 10.3. The normalized spacial score (nSPS) is 11.9. The van der Waals surface area contributed by atoms with Crippen molar-refractivity contribution in [3.05, 3.63) is 171 Å². The Hall–Kier alpha value is -8.04. The first kappa shape index (κ1) is 31.3. The lowest BCUT2D eigenvalue weighted by Gasteiger charge is -2.12. The van der Waals surface area contributed by atoms with Gasteiger partial charge >= 0.3 is 0 Å². The molecule has 7 heterocycles. The van der Waals surface area contributed by atoms with Crippen LogP contribution in [0.1, 0.15) is 0 Å². The van der Waals surface area contributed by atoms with Crippen LogP contribution in [0.2, 0.25) is 0 Å². The van der Waals surface area contributed by atoms with Gasteiger partial charge in [0.25, 0.3) is 0 Å². The first-order valence-electron chi connectivity index (χ1n) is 18.7. The fraction of sp³-hybridized carbons (Fsp3) is 0. The van der Waals surface area contributed by atoms with Crippen LogP contribution in [0, 0.1) is 0 Å². The topological polar surface area (TPSA) is 100 Å². The first-order chi connectivity index (χ1) is 28.3. The minimum atomic E-state index is 0.472. The molecule has 12 rings (SSSR count). The average Bonchev–Trinajstić information content (AvgIpc) is 3.95.